The molecule has 1 nitrogen and oxygen atoms in total. The molecule has 0 aromatic carbocycles. The van der Waals surface area contributed by atoms with Gasteiger partial charge in [-0.3, -0.25) is 0 Å². The molecular formula is C22H48N+. The number of hydrogen-bond acceptors (Lipinski definition) is 0. The molecule has 23 heavy (non-hydrogen) atoms. The second-order valence-corrected chi connectivity index (χ2v) is 8.36. The van der Waals surface area contributed by atoms with Crippen molar-refractivity contribution in [2.45, 2.75) is 99.3 Å². The van der Waals surface area contributed by atoms with Gasteiger partial charge in [0.15, 0.2) is 0 Å². The molecular weight excluding hydrogens is 278 g/mol. The van der Waals surface area contributed by atoms with E-state index in [0.717, 1.165) is 17.8 Å². The van der Waals surface area contributed by atoms with Crippen LogP contribution in [0, 0.1) is 17.8 Å². The molecule has 0 aromatic heterocycles. The van der Waals surface area contributed by atoms with Gasteiger partial charge in [0.2, 0.25) is 0 Å². The molecule has 0 heterocycles. The second-order valence-electron chi connectivity index (χ2n) is 8.36. The minimum absolute atomic E-state index is 0.920. The summed E-state index contributed by atoms with van der Waals surface area (Å²) in [5.41, 5.74) is 0. The van der Waals surface area contributed by atoms with Crippen molar-refractivity contribution in [1.82, 2.24) is 0 Å². The van der Waals surface area contributed by atoms with Crippen molar-refractivity contribution >= 4 is 0 Å². The van der Waals surface area contributed by atoms with Crippen molar-refractivity contribution in [3.05, 3.63) is 0 Å². The fraction of sp³-hybridized carbons (Fsp3) is 1.00. The maximum atomic E-state index is 2.58. The van der Waals surface area contributed by atoms with Crippen LogP contribution in [0.4, 0.5) is 0 Å². The molecule has 0 aliphatic carbocycles. The van der Waals surface area contributed by atoms with Crippen LogP contribution in [0.15, 0.2) is 0 Å². The Morgan fingerprint density at radius 1 is 0.522 bits per heavy atom. The molecule has 1 heteroatoms. The van der Waals surface area contributed by atoms with Crippen LogP contribution in [0.5, 0.6) is 0 Å². The van der Waals surface area contributed by atoms with Crippen LogP contribution in [0.2, 0.25) is 0 Å². The quantitative estimate of drug-likeness (QED) is 0.287. The maximum Gasteiger partial charge on any atom is 0.0813 e. The molecule has 3 atom stereocenters. The highest BCUT2D eigenvalue weighted by Crippen LogP contribution is 2.25. The fourth-order valence-electron chi connectivity index (χ4n) is 4.59. The largest absolute Gasteiger partial charge is 0.325 e. The Morgan fingerprint density at radius 2 is 0.783 bits per heavy atom. The molecule has 0 spiro atoms. The summed E-state index contributed by atoms with van der Waals surface area (Å²) in [6, 6.07) is 0. The zero-order chi connectivity index (χ0) is 17.7. The smallest absolute Gasteiger partial charge is 0.0813 e. The van der Waals surface area contributed by atoms with Crippen molar-refractivity contribution in [2.75, 3.05) is 26.7 Å². The number of rotatable bonds is 15. The molecule has 3 unspecified atom stereocenters. The van der Waals surface area contributed by atoms with Gasteiger partial charge in [0.05, 0.1) is 26.7 Å². The molecule has 0 fully saturated rings. The molecule has 0 rings (SSSR count). The molecule has 0 radical (unpaired) electrons. The van der Waals surface area contributed by atoms with E-state index >= 15 is 0 Å². The topological polar surface area (TPSA) is 0 Å². The number of hydrogen-bond donors (Lipinski definition) is 0. The lowest BCUT2D eigenvalue weighted by atomic mass is 9.92. The van der Waals surface area contributed by atoms with Gasteiger partial charge in [-0.15, -0.1) is 0 Å². The molecule has 0 saturated carbocycles. The third-order valence-corrected chi connectivity index (χ3v) is 5.92. The Kier molecular flexibility index (Phi) is 13.3. The van der Waals surface area contributed by atoms with Crippen molar-refractivity contribution in [3.8, 4) is 0 Å². The molecule has 0 aliphatic heterocycles. The lowest BCUT2D eigenvalue weighted by Gasteiger charge is -2.42. The Morgan fingerprint density at radius 3 is 0.957 bits per heavy atom. The van der Waals surface area contributed by atoms with E-state index in [1.807, 2.05) is 0 Å². The summed E-state index contributed by atoms with van der Waals surface area (Å²) < 4.78 is 1.33. The zero-order valence-corrected chi connectivity index (χ0v) is 17.7. The van der Waals surface area contributed by atoms with Gasteiger partial charge in [0.25, 0.3) is 0 Å². The second kappa shape index (κ2) is 13.3. The van der Waals surface area contributed by atoms with Gasteiger partial charge >= 0.3 is 0 Å². The van der Waals surface area contributed by atoms with Crippen LogP contribution in [0.1, 0.15) is 99.3 Å². The number of quaternary nitrogens is 1. The molecule has 0 aromatic rings. The van der Waals surface area contributed by atoms with E-state index < -0.39 is 0 Å². The zero-order valence-electron chi connectivity index (χ0n) is 17.7. The average Bonchev–Trinajstić information content (AvgIpc) is 2.53. The lowest BCUT2D eigenvalue weighted by Crippen LogP contribution is -2.52. The van der Waals surface area contributed by atoms with Crippen LogP contribution >= 0.6 is 0 Å². The first-order valence-corrected chi connectivity index (χ1v) is 10.8. The van der Waals surface area contributed by atoms with Gasteiger partial charge in [-0.2, -0.15) is 0 Å². The first kappa shape index (κ1) is 23.0. The van der Waals surface area contributed by atoms with E-state index in [-0.39, 0.29) is 0 Å². The minimum atomic E-state index is 0.920. The first-order chi connectivity index (χ1) is 11.0. The highest BCUT2D eigenvalue weighted by Gasteiger charge is 2.30. The van der Waals surface area contributed by atoms with Gasteiger partial charge < -0.3 is 4.48 Å². The standard InChI is InChI=1S/C22H48N/c1-8-14-20(11-4)17-23(7,18-21(12-5)15-9-2)19-22(13-6)16-10-3/h20-22H,8-19H2,1-7H3/q+1. The minimum Gasteiger partial charge on any atom is -0.325 e. The average molecular weight is 327 g/mol. The van der Waals surface area contributed by atoms with Crippen LogP contribution in [0.3, 0.4) is 0 Å². The Hall–Kier alpha value is -0.0400. The molecule has 0 amide bonds. The summed E-state index contributed by atoms with van der Waals surface area (Å²) >= 11 is 0. The Bertz CT molecular complexity index is 220. The SMILES string of the molecule is CCCC(CC)C[N+](C)(CC(CC)CCC)CC(CC)CCC. The van der Waals surface area contributed by atoms with E-state index in [2.05, 4.69) is 48.6 Å². The highest BCUT2D eigenvalue weighted by atomic mass is 15.3. The maximum absolute atomic E-state index is 2.58. The van der Waals surface area contributed by atoms with Gasteiger partial charge in [-0.05, 0) is 38.5 Å². The Balaban J connectivity index is 5.05. The molecule has 0 N–H and O–H groups in total. The van der Waals surface area contributed by atoms with E-state index in [1.54, 1.807) is 0 Å². The van der Waals surface area contributed by atoms with Gasteiger partial charge in [-0.25, -0.2) is 0 Å². The van der Waals surface area contributed by atoms with Gasteiger partial charge in [0, 0.05) is 17.8 Å². The van der Waals surface area contributed by atoms with Crippen molar-refractivity contribution in [1.29, 1.82) is 0 Å². The van der Waals surface area contributed by atoms with E-state index in [0.29, 0.717) is 0 Å². The highest BCUT2D eigenvalue weighted by molar-refractivity contribution is 4.64. The van der Waals surface area contributed by atoms with Crippen molar-refractivity contribution in [2.24, 2.45) is 17.8 Å². The van der Waals surface area contributed by atoms with Gasteiger partial charge in [-0.1, -0.05) is 60.8 Å². The lowest BCUT2D eigenvalue weighted by molar-refractivity contribution is -0.919. The third kappa shape index (κ3) is 9.75. The summed E-state index contributed by atoms with van der Waals surface area (Å²) in [5.74, 6) is 2.76. The van der Waals surface area contributed by atoms with Crippen LogP contribution in [0.25, 0.3) is 0 Å². The Labute approximate surface area is 148 Å². The van der Waals surface area contributed by atoms with E-state index in [4.69, 9.17) is 0 Å². The summed E-state index contributed by atoms with van der Waals surface area (Å²) in [5, 5.41) is 0. The van der Waals surface area contributed by atoms with Crippen molar-refractivity contribution in [3.63, 3.8) is 0 Å². The first-order valence-electron chi connectivity index (χ1n) is 10.8. The molecule has 0 bridgehead atoms. The summed E-state index contributed by atoms with van der Waals surface area (Å²) in [7, 11) is 2.58. The number of nitrogens with zero attached hydrogens (tertiary/aromatic N) is 1. The van der Waals surface area contributed by atoms with Crippen LogP contribution in [-0.2, 0) is 0 Å². The summed E-state index contributed by atoms with van der Waals surface area (Å²) in [6.45, 7) is 18.5. The molecule has 0 aliphatic rings. The summed E-state index contributed by atoms with van der Waals surface area (Å²) in [6.07, 6.45) is 12.4. The predicted octanol–water partition coefficient (Wildman–Crippen LogP) is 6.91. The van der Waals surface area contributed by atoms with Crippen LogP contribution in [-0.4, -0.2) is 31.2 Å². The molecule has 0 saturated heterocycles. The normalized spacial score (nSPS) is 18.4. The van der Waals surface area contributed by atoms with Gasteiger partial charge in [0.1, 0.15) is 0 Å². The van der Waals surface area contributed by atoms with Crippen LogP contribution < -0.4 is 0 Å². The van der Waals surface area contributed by atoms with E-state index in [9.17, 15) is 0 Å². The predicted molar refractivity (Wildman–Crippen MR) is 107 cm³/mol. The van der Waals surface area contributed by atoms with E-state index in [1.165, 1.54) is 81.9 Å². The summed E-state index contributed by atoms with van der Waals surface area (Å²) in [4.78, 5) is 0. The van der Waals surface area contributed by atoms with Crippen molar-refractivity contribution < 1.29 is 4.48 Å². The fourth-order valence-corrected chi connectivity index (χ4v) is 4.59. The monoisotopic (exact) mass is 326 g/mol. The molecule has 140 valence electrons. The third-order valence-electron chi connectivity index (χ3n) is 5.92.